The normalized spacial score (nSPS) is 15.2. The van der Waals surface area contributed by atoms with Crippen molar-refractivity contribution in [2.24, 2.45) is 0 Å². The molecule has 0 aromatic carbocycles. The van der Waals surface area contributed by atoms with Crippen LogP contribution in [0.5, 0.6) is 0 Å². The lowest BCUT2D eigenvalue weighted by atomic mass is 9.99. The van der Waals surface area contributed by atoms with Gasteiger partial charge in [-0.1, -0.05) is 11.6 Å². The molecule has 1 aromatic rings. The van der Waals surface area contributed by atoms with Crippen LogP contribution in [-0.2, 0) is 4.74 Å². The second kappa shape index (κ2) is 5.54. The van der Waals surface area contributed by atoms with E-state index in [1.165, 1.54) is 6.20 Å². The molecule has 0 bridgehead atoms. The Labute approximate surface area is 115 Å². The van der Waals surface area contributed by atoms with Crippen molar-refractivity contribution < 1.29 is 14.3 Å². The van der Waals surface area contributed by atoms with Crippen LogP contribution in [0.2, 0.25) is 0 Å². The zero-order valence-corrected chi connectivity index (χ0v) is 11.4. The Bertz CT molecular complexity index is 548. The molecule has 19 heavy (non-hydrogen) atoms. The largest absolute Gasteiger partial charge is 0.378 e. The van der Waals surface area contributed by atoms with Crippen molar-refractivity contribution in [3.63, 3.8) is 0 Å². The first-order valence-electron chi connectivity index (χ1n) is 5.90. The summed E-state index contributed by atoms with van der Waals surface area (Å²) < 4.78 is 5.34. The number of ketones is 2. The fraction of sp³-hybridized carbons (Fsp3) is 0.417. The second-order valence-electron chi connectivity index (χ2n) is 4.35. The van der Waals surface area contributed by atoms with Crippen molar-refractivity contribution in [2.75, 3.05) is 13.2 Å². The molecule has 2 rings (SSSR count). The average Bonchev–Trinajstić information content (AvgIpc) is 2.84. The van der Waals surface area contributed by atoms with Crippen LogP contribution in [-0.4, -0.2) is 41.0 Å². The zero-order chi connectivity index (χ0) is 14.0. The predicted molar refractivity (Wildman–Crippen MR) is 69.2 cm³/mol. The van der Waals surface area contributed by atoms with Gasteiger partial charge < -0.3 is 10.1 Å². The summed E-state index contributed by atoms with van der Waals surface area (Å²) in [5, 5.41) is 8.90. The van der Waals surface area contributed by atoms with Crippen molar-refractivity contribution in [3.05, 3.63) is 28.2 Å². The molecular formula is C12H14ClN3O3. The number of halogens is 1. The highest BCUT2D eigenvalue weighted by Crippen LogP contribution is 2.25. The topological polar surface area (TPSA) is 84.1 Å². The van der Waals surface area contributed by atoms with E-state index in [0.717, 1.165) is 0 Å². The Balaban J connectivity index is 2.09. The highest BCUT2D eigenvalue weighted by molar-refractivity contribution is 6.49. The molecule has 0 radical (unpaired) electrons. The van der Waals surface area contributed by atoms with Crippen molar-refractivity contribution in [2.45, 2.75) is 20.0 Å². The van der Waals surface area contributed by atoms with Crippen LogP contribution in [0.4, 0.5) is 0 Å². The number of H-pyrrole nitrogens is 1. The number of carbonyl (C=O) groups is 2. The molecule has 0 amide bonds. The van der Waals surface area contributed by atoms with Gasteiger partial charge in [0.1, 0.15) is 16.4 Å². The van der Waals surface area contributed by atoms with Gasteiger partial charge in [-0.2, -0.15) is 5.10 Å². The highest BCUT2D eigenvalue weighted by Gasteiger charge is 2.32. The average molecular weight is 284 g/mol. The van der Waals surface area contributed by atoms with Crippen LogP contribution in [0, 0.1) is 0 Å². The maximum absolute atomic E-state index is 12.1. The number of fused-ring (bicyclic) bond motifs is 1. The van der Waals surface area contributed by atoms with Gasteiger partial charge in [0.2, 0.25) is 11.6 Å². The lowest BCUT2D eigenvalue weighted by molar-refractivity contribution is 0.0810. The number of allylic oxidation sites excluding steroid dienone is 2. The van der Waals surface area contributed by atoms with Gasteiger partial charge >= 0.3 is 0 Å². The first kappa shape index (κ1) is 13.8. The third-order valence-electron chi connectivity index (χ3n) is 2.61. The van der Waals surface area contributed by atoms with Gasteiger partial charge in [-0.15, -0.1) is 0 Å². The van der Waals surface area contributed by atoms with Gasteiger partial charge in [0.25, 0.3) is 0 Å². The minimum absolute atomic E-state index is 0.105. The molecule has 1 aromatic heterocycles. The molecule has 0 saturated carbocycles. The summed E-state index contributed by atoms with van der Waals surface area (Å²) in [4.78, 5) is 24.0. The van der Waals surface area contributed by atoms with Crippen molar-refractivity contribution in [3.8, 4) is 0 Å². The maximum Gasteiger partial charge on any atom is 0.225 e. The van der Waals surface area contributed by atoms with Gasteiger partial charge in [-0.25, -0.2) is 0 Å². The number of Topliss-reactive ketones (excluding diaryl/α,β-unsaturated/α-hetero) is 2. The molecule has 0 saturated heterocycles. The summed E-state index contributed by atoms with van der Waals surface area (Å²) in [5.74, 6) is -0.765. The molecule has 0 unspecified atom stereocenters. The molecule has 0 spiro atoms. The molecule has 1 aliphatic rings. The van der Waals surface area contributed by atoms with Crippen molar-refractivity contribution in [1.82, 2.24) is 15.5 Å². The number of hydrogen-bond acceptors (Lipinski definition) is 5. The predicted octanol–water partition coefficient (Wildman–Crippen LogP) is 1.25. The minimum atomic E-state index is -0.430. The first-order valence-corrected chi connectivity index (χ1v) is 6.28. The van der Waals surface area contributed by atoms with Gasteiger partial charge in [0, 0.05) is 6.54 Å². The Morgan fingerprint density at radius 1 is 1.42 bits per heavy atom. The quantitative estimate of drug-likeness (QED) is 0.795. The van der Waals surface area contributed by atoms with E-state index in [0.29, 0.717) is 13.2 Å². The highest BCUT2D eigenvalue weighted by atomic mass is 35.5. The Morgan fingerprint density at radius 3 is 2.84 bits per heavy atom. The first-order chi connectivity index (χ1) is 9.02. The van der Waals surface area contributed by atoms with E-state index in [1.807, 2.05) is 13.8 Å². The number of rotatable bonds is 5. The standard InChI is InChI=1S/C12H14ClN3O3/c1-6(2)19-4-3-14-10-8(13)12(18)9-7(11(10)17)5-15-16-9/h5-6,14H,3-4H2,1-2H3,(H,15,16). The van der Waals surface area contributed by atoms with E-state index in [4.69, 9.17) is 16.3 Å². The second-order valence-corrected chi connectivity index (χ2v) is 4.73. The van der Waals surface area contributed by atoms with Gasteiger partial charge in [-0.3, -0.25) is 14.7 Å². The van der Waals surface area contributed by atoms with Crippen LogP contribution >= 0.6 is 11.6 Å². The lowest BCUT2D eigenvalue weighted by Crippen LogP contribution is -2.31. The Kier molecular flexibility index (Phi) is 4.01. The van der Waals surface area contributed by atoms with E-state index in [2.05, 4.69) is 15.5 Å². The third-order valence-corrected chi connectivity index (χ3v) is 2.97. The summed E-state index contributed by atoms with van der Waals surface area (Å²) in [5.41, 5.74) is 0.480. The van der Waals surface area contributed by atoms with E-state index >= 15 is 0 Å². The number of aromatic amines is 1. The fourth-order valence-corrected chi connectivity index (χ4v) is 1.96. The van der Waals surface area contributed by atoms with Crippen LogP contribution in [0.3, 0.4) is 0 Å². The third kappa shape index (κ3) is 2.69. The SMILES string of the molecule is CC(C)OCCNC1=C(Cl)C(=O)c2[nH]ncc2C1=O. The molecule has 7 heteroatoms. The number of nitrogens with one attached hydrogen (secondary N) is 2. The van der Waals surface area contributed by atoms with Crippen molar-refractivity contribution >= 4 is 23.2 Å². The number of carbonyl (C=O) groups excluding carboxylic acids is 2. The molecule has 1 heterocycles. The van der Waals surface area contributed by atoms with Crippen LogP contribution in [0.15, 0.2) is 16.9 Å². The number of hydrogen-bond donors (Lipinski definition) is 2. The summed E-state index contributed by atoms with van der Waals surface area (Å²) in [6, 6.07) is 0. The monoisotopic (exact) mass is 283 g/mol. The number of ether oxygens (including phenoxy) is 1. The van der Waals surface area contributed by atoms with Crippen LogP contribution in [0.25, 0.3) is 0 Å². The summed E-state index contributed by atoms with van der Waals surface area (Å²) >= 11 is 5.91. The van der Waals surface area contributed by atoms with Gasteiger partial charge in [0.15, 0.2) is 0 Å². The summed E-state index contributed by atoms with van der Waals surface area (Å²) in [6.45, 7) is 4.65. The minimum Gasteiger partial charge on any atom is -0.378 e. The maximum atomic E-state index is 12.1. The molecule has 0 aliphatic heterocycles. The molecule has 0 atom stereocenters. The number of nitrogens with zero attached hydrogens (tertiary/aromatic N) is 1. The van der Waals surface area contributed by atoms with E-state index < -0.39 is 5.78 Å². The Hall–Kier alpha value is -1.66. The Morgan fingerprint density at radius 2 is 2.16 bits per heavy atom. The molecule has 6 nitrogen and oxygen atoms in total. The van der Waals surface area contributed by atoms with Crippen molar-refractivity contribution in [1.29, 1.82) is 0 Å². The van der Waals surface area contributed by atoms with Gasteiger partial charge in [0.05, 0.1) is 24.5 Å². The van der Waals surface area contributed by atoms with E-state index in [9.17, 15) is 9.59 Å². The zero-order valence-electron chi connectivity index (χ0n) is 10.6. The number of aromatic nitrogens is 2. The molecule has 0 fully saturated rings. The summed E-state index contributed by atoms with van der Waals surface area (Å²) in [6.07, 6.45) is 1.43. The van der Waals surface area contributed by atoms with E-state index in [1.54, 1.807) is 0 Å². The summed E-state index contributed by atoms with van der Waals surface area (Å²) in [7, 11) is 0. The molecular weight excluding hydrogens is 270 g/mol. The van der Waals surface area contributed by atoms with Crippen LogP contribution in [0.1, 0.15) is 34.7 Å². The molecule has 1 aliphatic carbocycles. The van der Waals surface area contributed by atoms with Gasteiger partial charge in [-0.05, 0) is 13.8 Å². The molecule has 102 valence electrons. The fourth-order valence-electron chi connectivity index (χ4n) is 1.72. The smallest absolute Gasteiger partial charge is 0.225 e. The van der Waals surface area contributed by atoms with E-state index in [-0.39, 0.29) is 33.9 Å². The van der Waals surface area contributed by atoms with Crippen LogP contribution < -0.4 is 5.32 Å². The lowest BCUT2D eigenvalue weighted by Gasteiger charge is -2.16. The molecule has 2 N–H and O–H groups in total.